The second kappa shape index (κ2) is 2.65. The summed E-state index contributed by atoms with van der Waals surface area (Å²) in [5.74, 6) is 0.859. The standard InChI is InChI=1S/C9H12BN2O/c1-9(2)6-11-7-5-12(10)4-3-8(7)13-9/h3-5,11H,6H2,1-2H3. The minimum Gasteiger partial charge on any atom is -0.514 e. The highest BCUT2D eigenvalue weighted by Crippen LogP contribution is 2.30. The maximum atomic E-state index is 5.74. The van der Waals surface area contributed by atoms with Crippen LogP contribution in [-0.2, 0) is 0 Å². The van der Waals surface area contributed by atoms with E-state index in [0.29, 0.717) is 0 Å². The molecule has 4 heteroatoms. The van der Waals surface area contributed by atoms with E-state index in [1.807, 2.05) is 26.1 Å². The molecule has 2 rings (SSSR count). The molecule has 3 radical (unpaired) electrons. The van der Waals surface area contributed by atoms with Crippen molar-refractivity contribution in [2.24, 2.45) is 0 Å². The van der Waals surface area contributed by atoms with Crippen LogP contribution in [0.5, 0.6) is 5.75 Å². The normalized spacial score (nSPS) is 18.4. The van der Waals surface area contributed by atoms with Crippen molar-refractivity contribution >= 4 is 13.7 Å². The summed E-state index contributed by atoms with van der Waals surface area (Å²) in [5.41, 5.74) is 0.803. The van der Waals surface area contributed by atoms with Crippen LogP contribution in [-0.4, -0.2) is 20.1 Å². The Hall–Kier alpha value is -1.19. The molecule has 0 bridgehead atoms. The fourth-order valence-corrected chi connectivity index (χ4v) is 1.36. The van der Waals surface area contributed by atoms with Crippen LogP contribution < -0.4 is 14.5 Å². The van der Waals surface area contributed by atoms with Gasteiger partial charge in [0.15, 0.2) is 5.75 Å². The van der Waals surface area contributed by atoms with Gasteiger partial charge in [0.05, 0.1) is 6.54 Å². The second-order valence-electron chi connectivity index (χ2n) is 3.89. The zero-order valence-electron chi connectivity index (χ0n) is 7.87. The molecule has 1 aliphatic heterocycles. The van der Waals surface area contributed by atoms with Crippen LogP contribution in [0.15, 0.2) is 18.5 Å². The van der Waals surface area contributed by atoms with Crippen molar-refractivity contribution < 1.29 is 9.21 Å². The second-order valence-corrected chi connectivity index (χ2v) is 3.89. The number of pyridine rings is 1. The Morgan fingerprint density at radius 1 is 1.62 bits per heavy atom. The summed E-state index contributed by atoms with van der Waals surface area (Å²) in [7, 11) is 5.57. The molecule has 13 heavy (non-hydrogen) atoms. The van der Waals surface area contributed by atoms with Gasteiger partial charge in [-0.3, -0.25) is 0 Å². The first-order chi connectivity index (χ1) is 6.07. The van der Waals surface area contributed by atoms with Crippen molar-refractivity contribution in [2.45, 2.75) is 19.4 Å². The largest absolute Gasteiger partial charge is 0.514 e. The van der Waals surface area contributed by atoms with Crippen LogP contribution >= 0.6 is 0 Å². The number of hydrogen-bond donors (Lipinski definition) is 1. The van der Waals surface area contributed by atoms with Crippen molar-refractivity contribution in [3.63, 3.8) is 0 Å². The average Bonchev–Trinajstić information content (AvgIpc) is 2.05. The molecule has 1 aromatic rings. The van der Waals surface area contributed by atoms with Gasteiger partial charge in [0.2, 0.25) is 0 Å². The number of rotatable bonds is 0. The molecule has 0 spiro atoms. The lowest BCUT2D eigenvalue weighted by Gasteiger charge is -2.33. The molecule has 0 atom stereocenters. The van der Waals surface area contributed by atoms with Crippen LogP contribution in [0.25, 0.3) is 0 Å². The van der Waals surface area contributed by atoms with E-state index in [4.69, 9.17) is 12.7 Å². The molecule has 3 nitrogen and oxygen atoms in total. The molecule has 1 N–H and O–H groups in total. The van der Waals surface area contributed by atoms with E-state index < -0.39 is 0 Å². The van der Waals surface area contributed by atoms with Crippen LogP contribution in [0.4, 0.5) is 5.69 Å². The summed E-state index contributed by atoms with van der Waals surface area (Å²) in [4.78, 5) is 0. The number of nitrogens with zero attached hydrogens (tertiary/aromatic N) is 1. The zero-order valence-corrected chi connectivity index (χ0v) is 7.87. The fraction of sp³-hybridized carbons (Fsp3) is 0.444. The summed E-state index contributed by atoms with van der Waals surface area (Å²) in [6.45, 7) is 4.89. The highest BCUT2D eigenvalue weighted by Gasteiger charge is 2.26. The van der Waals surface area contributed by atoms with Crippen LogP contribution in [0, 0.1) is 0 Å². The van der Waals surface area contributed by atoms with Crippen molar-refractivity contribution in [3.05, 3.63) is 18.5 Å². The van der Waals surface area contributed by atoms with E-state index in [0.717, 1.165) is 18.0 Å². The van der Waals surface area contributed by atoms with E-state index in [1.54, 1.807) is 6.20 Å². The number of ether oxygens (including phenoxy) is 1. The zero-order chi connectivity index (χ0) is 9.47. The molecular weight excluding hydrogens is 163 g/mol. The molecule has 0 saturated carbocycles. The van der Waals surface area contributed by atoms with Crippen molar-refractivity contribution in [1.82, 2.24) is 0 Å². The first-order valence-corrected chi connectivity index (χ1v) is 4.30. The first-order valence-electron chi connectivity index (χ1n) is 4.30. The lowest BCUT2D eigenvalue weighted by molar-refractivity contribution is -0.520. The minimum absolute atomic E-state index is 0.145. The molecule has 67 valence electrons. The first kappa shape index (κ1) is 8.41. The number of hydrogen-bond acceptors (Lipinski definition) is 2. The number of anilines is 1. The monoisotopic (exact) mass is 175 g/mol. The van der Waals surface area contributed by atoms with Gasteiger partial charge in [-0.25, -0.2) is 0 Å². The number of nitrogens with one attached hydrogen (secondary N) is 1. The lowest BCUT2D eigenvalue weighted by atomic mass is 10.1. The lowest BCUT2D eigenvalue weighted by Crippen LogP contribution is -2.41. The maximum absolute atomic E-state index is 5.74. The van der Waals surface area contributed by atoms with E-state index >= 15 is 0 Å². The quantitative estimate of drug-likeness (QED) is 0.580. The van der Waals surface area contributed by atoms with Gasteiger partial charge in [0.25, 0.3) is 0 Å². The summed E-state index contributed by atoms with van der Waals surface area (Å²) in [5, 5.41) is 3.27. The molecule has 0 aliphatic carbocycles. The summed E-state index contributed by atoms with van der Waals surface area (Å²) < 4.78 is 7.25. The Kier molecular flexibility index (Phi) is 1.72. The topological polar surface area (TPSA) is 25.1 Å². The van der Waals surface area contributed by atoms with Crippen LogP contribution in [0.1, 0.15) is 13.8 Å². The molecule has 1 aliphatic rings. The van der Waals surface area contributed by atoms with Gasteiger partial charge in [-0.15, -0.1) is 7.98 Å². The third-order valence-electron chi connectivity index (χ3n) is 2.03. The molecular formula is C9H12BN2O. The van der Waals surface area contributed by atoms with Crippen LogP contribution in [0.2, 0.25) is 0 Å². The Morgan fingerprint density at radius 2 is 2.38 bits per heavy atom. The summed E-state index contributed by atoms with van der Waals surface area (Å²) in [6, 6.07) is 1.86. The van der Waals surface area contributed by atoms with Crippen molar-refractivity contribution in [1.29, 1.82) is 0 Å². The third-order valence-corrected chi connectivity index (χ3v) is 2.03. The smallest absolute Gasteiger partial charge is 0.155 e. The van der Waals surface area contributed by atoms with Gasteiger partial charge in [0, 0.05) is 6.07 Å². The predicted molar refractivity (Wildman–Crippen MR) is 51.0 cm³/mol. The van der Waals surface area contributed by atoms with Gasteiger partial charge in [-0.1, -0.05) is 0 Å². The molecule has 1 aromatic heterocycles. The third kappa shape index (κ3) is 1.61. The Balaban J connectivity index is 2.37. The van der Waals surface area contributed by atoms with Gasteiger partial charge in [0.1, 0.15) is 23.7 Å². The van der Waals surface area contributed by atoms with Gasteiger partial charge < -0.3 is 14.5 Å². The maximum Gasteiger partial charge on any atom is 0.155 e. The summed E-state index contributed by atoms with van der Waals surface area (Å²) >= 11 is 0. The average molecular weight is 175 g/mol. The van der Waals surface area contributed by atoms with E-state index in [2.05, 4.69) is 5.32 Å². The molecule has 0 amide bonds. The Bertz CT molecular complexity index is 338. The van der Waals surface area contributed by atoms with Gasteiger partial charge >= 0.3 is 0 Å². The van der Waals surface area contributed by atoms with Crippen molar-refractivity contribution in [3.8, 4) is 5.75 Å². The summed E-state index contributed by atoms with van der Waals surface area (Å²) in [6.07, 6.45) is 3.58. The molecule has 0 unspecified atom stereocenters. The highest BCUT2D eigenvalue weighted by molar-refractivity contribution is 5.94. The molecule has 2 heterocycles. The molecule has 0 saturated heterocycles. The van der Waals surface area contributed by atoms with Gasteiger partial charge in [-0.05, 0) is 13.8 Å². The number of aromatic nitrogens is 1. The Morgan fingerprint density at radius 3 is 3.15 bits per heavy atom. The fourth-order valence-electron chi connectivity index (χ4n) is 1.36. The van der Waals surface area contributed by atoms with E-state index in [1.165, 1.54) is 4.48 Å². The van der Waals surface area contributed by atoms with Crippen LogP contribution in [0.3, 0.4) is 0 Å². The van der Waals surface area contributed by atoms with E-state index in [-0.39, 0.29) is 5.60 Å². The van der Waals surface area contributed by atoms with Gasteiger partial charge in [-0.2, -0.15) is 0 Å². The van der Waals surface area contributed by atoms with E-state index in [9.17, 15) is 0 Å². The van der Waals surface area contributed by atoms with Crippen molar-refractivity contribution in [2.75, 3.05) is 11.9 Å². The predicted octanol–water partition coefficient (Wildman–Crippen LogP) is 0.489. The minimum atomic E-state index is -0.145. The highest BCUT2D eigenvalue weighted by atomic mass is 16.5. The SMILES string of the molecule is [B-][n+]1ccc2c(c1)NCC(C)(C)O2. The Labute approximate surface area is 79.2 Å². The number of fused-ring (bicyclic) bond motifs is 1. The molecule has 0 fully saturated rings. The molecule has 0 aromatic carbocycles.